The molecule has 1 atom stereocenters. The molecule has 3 aliphatic rings. The van der Waals surface area contributed by atoms with Gasteiger partial charge in [-0.05, 0) is 106 Å². The number of methoxy groups -OCH3 is 1. The van der Waals surface area contributed by atoms with Gasteiger partial charge in [0.2, 0.25) is 15.9 Å². The van der Waals surface area contributed by atoms with Crippen molar-refractivity contribution in [1.29, 1.82) is 0 Å². The van der Waals surface area contributed by atoms with Gasteiger partial charge in [0.25, 0.3) is 0 Å². The fraction of sp³-hybridized carbons (Fsp3) is 0.471. The van der Waals surface area contributed by atoms with Crippen molar-refractivity contribution < 1.29 is 22.7 Å². The number of carbonyl (C=O) groups excluding carboxylic acids is 1. The van der Waals surface area contributed by atoms with E-state index in [0.29, 0.717) is 11.6 Å². The lowest BCUT2D eigenvalue weighted by Crippen LogP contribution is -2.38. The molecule has 2 fully saturated rings. The Kier molecular flexibility index (Phi) is 7.26. The van der Waals surface area contributed by atoms with Crippen LogP contribution in [0.5, 0.6) is 5.88 Å². The third-order valence-electron chi connectivity index (χ3n) is 9.92. The fourth-order valence-electron chi connectivity index (χ4n) is 6.78. The summed E-state index contributed by atoms with van der Waals surface area (Å²) in [5.41, 5.74) is 5.32. The van der Waals surface area contributed by atoms with Crippen LogP contribution in [-0.4, -0.2) is 57.9 Å². The number of pyridine rings is 1. The summed E-state index contributed by atoms with van der Waals surface area (Å²) >= 11 is 6.28. The minimum Gasteiger partial charge on any atom is -0.469 e. The van der Waals surface area contributed by atoms with E-state index in [9.17, 15) is 13.2 Å². The van der Waals surface area contributed by atoms with Crippen molar-refractivity contribution in [2.75, 3.05) is 13.7 Å². The van der Waals surface area contributed by atoms with Gasteiger partial charge in [-0.25, -0.2) is 18.1 Å². The van der Waals surface area contributed by atoms with E-state index in [-0.39, 0.29) is 35.0 Å². The third-order valence-corrected chi connectivity index (χ3v) is 12.1. The first-order valence-corrected chi connectivity index (χ1v) is 17.5. The molecule has 0 saturated heterocycles. The van der Waals surface area contributed by atoms with Crippen LogP contribution in [0.25, 0.3) is 11.0 Å². The molecule has 1 unspecified atom stereocenters. The van der Waals surface area contributed by atoms with Gasteiger partial charge < -0.3 is 9.47 Å². The van der Waals surface area contributed by atoms with Crippen LogP contribution < -0.4 is 4.74 Å². The van der Waals surface area contributed by atoms with Crippen LogP contribution in [0, 0.1) is 26.2 Å². The molecular weight excluding hydrogens is 626 g/mol. The Balaban J connectivity index is 1.32. The highest BCUT2D eigenvalue weighted by Gasteiger charge is 2.53. The third kappa shape index (κ3) is 5.07. The predicted molar refractivity (Wildman–Crippen MR) is 174 cm³/mol. The zero-order valence-electron chi connectivity index (χ0n) is 26.9. The van der Waals surface area contributed by atoms with Gasteiger partial charge in [0.05, 0.1) is 30.6 Å². The van der Waals surface area contributed by atoms with Gasteiger partial charge in [0.1, 0.15) is 21.2 Å². The summed E-state index contributed by atoms with van der Waals surface area (Å²) in [6.07, 6.45) is 3.65. The maximum Gasteiger partial charge on any atom is 0.312 e. The van der Waals surface area contributed by atoms with Crippen LogP contribution in [0.15, 0.2) is 41.3 Å². The molecule has 0 radical (unpaired) electrons. The van der Waals surface area contributed by atoms with Crippen molar-refractivity contribution in [3.63, 3.8) is 0 Å². The fourth-order valence-corrected chi connectivity index (χ4v) is 8.54. The Hall–Kier alpha value is -3.54. The van der Waals surface area contributed by atoms with Crippen LogP contribution in [0.1, 0.15) is 84.9 Å². The molecule has 7 rings (SSSR count). The van der Waals surface area contributed by atoms with Crippen LogP contribution in [-0.2, 0) is 26.1 Å². The van der Waals surface area contributed by atoms with E-state index in [1.807, 2.05) is 56.6 Å². The summed E-state index contributed by atoms with van der Waals surface area (Å²) in [4.78, 5) is 17.7. The zero-order valence-corrected chi connectivity index (χ0v) is 28.5. The van der Waals surface area contributed by atoms with Gasteiger partial charge in [-0.15, -0.1) is 5.10 Å². The molecular formula is C34H38ClN5O5S. The molecule has 0 amide bonds. The summed E-state index contributed by atoms with van der Waals surface area (Å²) < 4.78 is 43.3. The van der Waals surface area contributed by atoms with Gasteiger partial charge in [0, 0.05) is 12.5 Å². The largest absolute Gasteiger partial charge is 0.469 e. The number of benzene rings is 2. The van der Waals surface area contributed by atoms with Crippen molar-refractivity contribution in [2.45, 2.75) is 89.3 Å². The summed E-state index contributed by atoms with van der Waals surface area (Å²) in [5.74, 6) is -0.699. The van der Waals surface area contributed by atoms with E-state index < -0.39 is 27.0 Å². The van der Waals surface area contributed by atoms with Crippen molar-refractivity contribution in [2.24, 2.45) is 5.41 Å². The highest BCUT2D eigenvalue weighted by Crippen LogP contribution is 2.48. The first kappa shape index (κ1) is 31.1. The van der Waals surface area contributed by atoms with E-state index in [2.05, 4.69) is 21.4 Å². The smallest absolute Gasteiger partial charge is 0.312 e. The molecule has 10 nitrogen and oxygen atoms in total. The van der Waals surface area contributed by atoms with Gasteiger partial charge in [-0.1, -0.05) is 41.1 Å². The van der Waals surface area contributed by atoms with Crippen LogP contribution in [0.3, 0.4) is 0 Å². The normalized spacial score (nSPS) is 19.4. The minimum atomic E-state index is -3.97. The lowest BCUT2D eigenvalue weighted by atomic mass is 9.69. The predicted octanol–water partition coefficient (Wildman–Crippen LogP) is 6.19. The molecule has 2 saturated carbocycles. The molecule has 3 heterocycles. The number of ether oxygens (including phenoxy) is 2. The van der Waals surface area contributed by atoms with Gasteiger partial charge >= 0.3 is 5.97 Å². The average molecular weight is 664 g/mol. The second-order valence-electron chi connectivity index (χ2n) is 13.7. The van der Waals surface area contributed by atoms with Gasteiger partial charge in [0.15, 0.2) is 0 Å². The second kappa shape index (κ2) is 10.7. The van der Waals surface area contributed by atoms with Crippen LogP contribution in [0.4, 0.5) is 0 Å². The molecule has 12 heteroatoms. The molecule has 1 spiro atoms. The van der Waals surface area contributed by atoms with E-state index in [0.717, 1.165) is 64.5 Å². The number of hydrogen-bond acceptors (Lipinski definition) is 8. The molecule has 2 aromatic heterocycles. The molecule has 0 bridgehead atoms. The molecule has 4 aromatic rings. The molecule has 242 valence electrons. The first-order valence-electron chi connectivity index (χ1n) is 15.6. The molecule has 0 N–H and O–H groups in total. The summed E-state index contributed by atoms with van der Waals surface area (Å²) in [7, 11) is -2.57. The standard InChI is InChI=1S/C34H38ClN5O5S/c1-19-7-8-22(16-23(19)17-39-18-34(13-14-34)45-31-27(46(39,42)43)15-20(2)30(35)36-31)28(33(4,5)32(41)44-6)25-11-12-26-29(21(25)3)37-38-40(26)24-9-10-24/h7-8,11-12,15-16,24,28H,9-10,13-14,17-18H2,1-6H3. The van der Waals surface area contributed by atoms with E-state index in [1.165, 1.54) is 11.4 Å². The van der Waals surface area contributed by atoms with Crippen LogP contribution >= 0.6 is 11.6 Å². The number of aromatic nitrogens is 4. The summed E-state index contributed by atoms with van der Waals surface area (Å²) in [5, 5.41) is 9.22. The summed E-state index contributed by atoms with van der Waals surface area (Å²) in [6.45, 7) is 9.84. The highest BCUT2D eigenvalue weighted by atomic mass is 35.5. The van der Waals surface area contributed by atoms with Crippen molar-refractivity contribution in [1.82, 2.24) is 24.3 Å². The SMILES string of the molecule is COC(=O)C(C)(C)C(c1ccc(C)c(CN2CC3(CC3)Oc3nc(Cl)c(C)cc3S2(=O)=O)c1)c1ccc2c(nnn2C2CC2)c1C. The Morgan fingerprint density at radius 1 is 1.13 bits per heavy atom. The number of carbonyl (C=O) groups is 1. The number of rotatable bonds is 7. The Bertz CT molecular complexity index is 2020. The van der Waals surface area contributed by atoms with Crippen molar-refractivity contribution in [3.05, 3.63) is 74.9 Å². The minimum absolute atomic E-state index is 0.0276. The number of nitrogens with zero attached hydrogens (tertiary/aromatic N) is 5. The monoisotopic (exact) mass is 663 g/mol. The summed E-state index contributed by atoms with van der Waals surface area (Å²) in [6, 6.07) is 12.1. The van der Waals surface area contributed by atoms with E-state index >= 15 is 0 Å². The number of hydrogen-bond donors (Lipinski definition) is 0. The second-order valence-corrected chi connectivity index (χ2v) is 16.0. The lowest BCUT2D eigenvalue weighted by molar-refractivity contribution is -0.151. The number of sulfonamides is 1. The van der Waals surface area contributed by atoms with Gasteiger partial charge in [-0.2, -0.15) is 4.31 Å². The number of fused-ring (bicyclic) bond motifs is 2. The van der Waals surface area contributed by atoms with Crippen LogP contribution in [0.2, 0.25) is 5.15 Å². The molecule has 1 aliphatic heterocycles. The lowest BCUT2D eigenvalue weighted by Gasteiger charge is -2.34. The van der Waals surface area contributed by atoms with E-state index in [4.69, 9.17) is 21.1 Å². The Morgan fingerprint density at radius 2 is 1.87 bits per heavy atom. The number of aryl methyl sites for hydroxylation is 3. The first-order chi connectivity index (χ1) is 21.8. The Labute approximate surface area is 274 Å². The van der Waals surface area contributed by atoms with Gasteiger partial charge in [-0.3, -0.25) is 4.79 Å². The molecule has 2 aromatic carbocycles. The zero-order chi connectivity index (χ0) is 32.8. The van der Waals surface area contributed by atoms with Crippen molar-refractivity contribution in [3.8, 4) is 5.88 Å². The maximum atomic E-state index is 14.2. The average Bonchev–Trinajstić information content (AvgIpc) is 3.95. The van der Waals surface area contributed by atoms with Crippen molar-refractivity contribution >= 4 is 38.6 Å². The highest BCUT2D eigenvalue weighted by molar-refractivity contribution is 7.89. The maximum absolute atomic E-state index is 14.2. The van der Waals surface area contributed by atoms with E-state index in [1.54, 1.807) is 13.0 Å². The quantitative estimate of drug-likeness (QED) is 0.170. The topological polar surface area (TPSA) is 117 Å². The molecule has 46 heavy (non-hydrogen) atoms. The molecule has 2 aliphatic carbocycles. The number of esters is 1. The number of halogens is 1. The Morgan fingerprint density at radius 3 is 2.54 bits per heavy atom.